The van der Waals surface area contributed by atoms with Crippen LogP contribution < -0.4 is 5.73 Å². The monoisotopic (exact) mass is 181 g/mol. The summed E-state index contributed by atoms with van der Waals surface area (Å²) < 4.78 is 0. The lowest BCUT2D eigenvalue weighted by atomic mass is 10.3. The fourth-order valence-corrected chi connectivity index (χ4v) is 1.27. The Morgan fingerprint density at radius 1 is 1.23 bits per heavy atom. The van der Waals surface area contributed by atoms with Gasteiger partial charge in [0.05, 0.1) is 13.1 Å². The first kappa shape index (κ1) is 10.0. The predicted molar refractivity (Wildman–Crippen MR) is 50.9 cm³/mol. The number of carbonyl (C=O) groups excluding carboxylic acids is 1. The lowest BCUT2D eigenvalue weighted by molar-refractivity contribution is -0.119. The fourth-order valence-electron chi connectivity index (χ4n) is 1.27. The van der Waals surface area contributed by atoms with E-state index in [4.69, 9.17) is 5.73 Å². The maximum absolute atomic E-state index is 10.4. The first-order chi connectivity index (χ1) is 6.36. The standard InChI is InChI=1S/C9H15N3O/c10-3-1-2-4-11-5-7-12(9-13)8-6-11/h9H,3-8,10H2. The summed E-state index contributed by atoms with van der Waals surface area (Å²) in [7, 11) is 0. The van der Waals surface area contributed by atoms with E-state index >= 15 is 0 Å². The van der Waals surface area contributed by atoms with Gasteiger partial charge in [-0.15, -0.1) is 0 Å². The topological polar surface area (TPSA) is 49.6 Å². The summed E-state index contributed by atoms with van der Waals surface area (Å²) in [6.07, 6.45) is 0.906. The molecule has 1 aliphatic rings. The fraction of sp³-hybridized carbons (Fsp3) is 0.667. The Kier molecular flexibility index (Phi) is 4.30. The quantitative estimate of drug-likeness (QED) is 0.426. The maximum Gasteiger partial charge on any atom is 0.209 e. The van der Waals surface area contributed by atoms with Crippen LogP contribution in [0, 0.1) is 11.8 Å². The van der Waals surface area contributed by atoms with E-state index in [2.05, 4.69) is 16.7 Å². The van der Waals surface area contributed by atoms with Crippen LogP contribution in [0.2, 0.25) is 0 Å². The first-order valence-electron chi connectivity index (χ1n) is 4.44. The van der Waals surface area contributed by atoms with Crippen LogP contribution in [0.3, 0.4) is 0 Å². The highest BCUT2D eigenvalue weighted by Crippen LogP contribution is 1.97. The van der Waals surface area contributed by atoms with Gasteiger partial charge < -0.3 is 10.6 Å². The average molecular weight is 181 g/mol. The largest absolute Gasteiger partial charge is 0.343 e. The van der Waals surface area contributed by atoms with Crippen LogP contribution in [0.4, 0.5) is 0 Å². The molecule has 0 aliphatic carbocycles. The molecule has 0 aromatic rings. The lowest BCUT2D eigenvalue weighted by Crippen LogP contribution is -2.45. The molecule has 0 unspecified atom stereocenters. The van der Waals surface area contributed by atoms with E-state index in [-0.39, 0.29) is 0 Å². The van der Waals surface area contributed by atoms with Crippen LogP contribution in [-0.4, -0.2) is 55.5 Å². The van der Waals surface area contributed by atoms with Gasteiger partial charge in [0.2, 0.25) is 6.41 Å². The van der Waals surface area contributed by atoms with Crippen LogP contribution in [0.5, 0.6) is 0 Å². The highest BCUT2D eigenvalue weighted by molar-refractivity contribution is 5.47. The van der Waals surface area contributed by atoms with Gasteiger partial charge in [0.15, 0.2) is 0 Å². The molecule has 0 spiro atoms. The molecule has 2 N–H and O–H groups in total. The molecule has 1 fully saturated rings. The van der Waals surface area contributed by atoms with Crippen LogP contribution >= 0.6 is 0 Å². The van der Waals surface area contributed by atoms with Crippen molar-refractivity contribution in [3.05, 3.63) is 0 Å². The van der Waals surface area contributed by atoms with E-state index in [0.717, 1.165) is 39.1 Å². The molecular weight excluding hydrogens is 166 g/mol. The van der Waals surface area contributed by atoms with E-state index in [1.54, 1.807) is 4.90 Å². The van der Waals surface area contributed by atoms with E-state index in [9.17, 15) is 4.79 Å². The molecule has 4 heteroatoms. The number of piperazine rings is 1. The Bertz CT molecular complexity index is 211. The molecule has 1 aliphatic heterocycles. The third-order valence-corrected chi connectivity index (χ3v) is 2.09. The van der Waals surface area contributed by atoms with Crippen molar-refractivity contribution >= 4 is 6.41 Å². The number of hydrogen-bond donors (Lipinski definition) is 1. The van der Waals surface area contributed by atoms with E-state index in [1.807, 2.05) is 0 Å². The summed E-state index contributed by atoms with van der Waals surface area (Å²) >= 11 is 0. The SMILES string of the molecule is NCC#CCN1CCN(C=O)CC1. The van der Waals surface area contributed by atoms with E-state index in [1.165, 1.54) is 0 Å². The van der Waals surface area contributed by atoms with E-state index in [0.29, 0.717) is 6.54 Å². The van der Waals surface area contributed by atoms with Crippen molar-refractivity contribution in [2.45, 2.75) is 0 Å². The summed E-state index contributed by atoms with van der Waals surface area (Å²) in [5.74, 6) is 5.81. The van der Waals surface area contributed by atoms with Crippen molar-refractivity contribution < 1.29 is 4.79 Å². The van der Waals surface area contributed by atoms with Gasteiger partial charge in [0.1, 0.15) is 0 Å². The zero-order chi connectivity index (χ0) is 9.52. The number of carbonyl (C=O) groups is 1. The second kappa shape index (κ2) is 5.57. The lowest BCUT2D eigenvalue weighted by Gasteiger charge is -2.31. The molecule has 1 saturated heterocycles. The summed E-state index contributed by atoms with van der Waals surface area (Å²) in [6, 6.07) is 0. The smallest absolute Gasteiger partial charge is 0.209 e. The molecule has 1 rings (SSSR count). The van der Waals surface area contributed by atoms with Crippen LogP contribution in [-0.2, 0) is 4.79 Å². The van der Waals surface area contributed by atoms with Crippen molar-refractivity contribution in [2.75, 3.05) is 39.3 Å². The summed E-state index contributed by atoms with van der Waals surface area (Å²) in [4.78, 5) is 14.4. The Balaban J connectivity index is 2.21. The zero-order valence-electron chi connectivity index (χ0n) is 7.70. The molecular formula is C9H15N3O. The third kappa shape index (κ3) is 3.45. The van der Waals surface area contributed by atoms with Crippen LogP contribution in [0.25, 0.3) is 0 Å². The molecule has 1 heterocycles. The summed E-state index contributed by atoms with van der Waals surface area (Å²) in [6.45, 7) is 4.65. The Hall–Kier alpha value is -1.05. The average Bonchev–Trinajstić information content (AvgIpc) is 2.19. The second-order valence-electron chi connectivity index (χ2n) is 2.98. The Morgan fingerprint density at radius 2 is 1.92 bits per heavy atom. The van der Waals surface area contributed by atoms with Gasteiger partial charge >= 0.3 is 0 Å². The van der Waals surface area contributed by atoms with Crippen molar-refractivity contribution in [3.8, 4) is 11.8 Å². The highest BCUT2D eigenvalue weighted by Gasteiger charge is 2.13. The normalized spacial score (nSPS) is 17.8. The number of amides is 1. The minimum atomic E-state index is 0.425. The van der Waals surface area contributed by atoms with Gasteiger partial charge in [0, 0.05) is 26.2 Å². The molecule has 0 atom stereocenters. The molecule has 0 aromatic heterocycles. The first-order valence-corrected chi connectivity index (χ1v) is 4.44. The number of nitrogens with zero attached hydrogens (tertiary/aromatic N) is 2. The second-order valence-corrected chi connectivity index (χ2v) is 2.98. The maximum atomic E-state index is 10.4. The molecule has 1 amide bonds. The molecule has 0 bridgehead atoms. The van der Waals surface area contributed by atoms with Crippen molar-refractivity contribution in [1.29, 1.82) is 0 Å². The molecule has 0 aromatic carbocycles. The van der Waals surface area contributed by atoms with Crippen molar-refractivity contribution in [1.82, 2.24) is 9.80 Å². The minimum Gasteiger partial charge on any atom is -0.343 e. The molecule has 4 nitrogen and oxygen atoms in total. The third-order valence-electron chi connectivity index (χ3n) is 2.09. The molecule has 72 valence electrons. The molecule has 0 radical (unpaired) electrons. The minimum absolute atomic E-state index is 0.425. The van der Waals surface area contributed by atoms with Crippen molar-refractivity contribution in [2.24, 2.45) is 5.73 Å². The van der Waals surface area contributed by atoms with Crippen molar-refractivity contribution in [3.63, 3.8) is 0 Å². The number of nitrogens with two attached hydrogens (primary N) is 1. The number of rotatable bonds is 2. The van der Waals surface area contributed by atoms with Gasteiger partial charge in [-0.1, -0.05) is 11.8 Å². The van der Waals surface area contributed by atoms with Gasteiger partial charge in [0.25, 0.3) is 0 Å². The molecule has 0 saturated carbocycles. The van der Waals surface area contributed by atoms with Crippen LogP contribution in [0.1, 0.15) is 0 Å². The molecule has 13 heavy (non-hydrogen) atoms. The van der Waals surface area contributed by atoms with Crippen LogP contribution in [0.15, 0.2) is 0 Å². The Morgan fingerprint density at radius 3 is 2.46 bits per heavy atom. The van der Waals surface area contributed by atoms with Gasteiger partial charge in [-0.05, 0) is 0 Å². The van der Waals surface area contributed by atoms with Gasteiger partial charge in [-0.25, -0.2) is 0 Å². The highest BCUT2D eigenvalue weighted by atomic mass is 16.1. The predicted octanol–water partition coefficient (Wildman–Crippen LogP) is -1.28. The summed E-state index contributed by atoms with van der Waals surface area (Å²) in [5, 5.41) is 0. The van der Waals surface area contributed by atoms with Gasteiger partial charge in [-0.3, -0.25) is 9.69 Å². The zero-order valence-corrected chi connectivity index (χ0v) is 7.70. The Labute approximate surface area is 78.7 Å². The van der Waals surface area contributed by atoms with Gasteiger partial charge in [-0.2, -0.15) is 0 Å². The van der Waals surface area contributed by atoms with E-state index < -0.39 is 0 Å². The summed E-state index contributed by atoms with van der Waals surface area (Å²) in [5.41, 5.74) is 5.24. The number of hydrogen-bond acceptors (Lipinski definition) is 3.